The molecule has 0 spiro atoms. The van der Waals surface area contributed by atoms with Gasteiger partial charge in [-0.2, -0.15) is 23.3 Å². The largest absolute Gasteiger partial charge is 0.411 e. The van der Waals surface area contributed by atoms with Crippen molar-refractivity contribution < 1.29 is 31.1 Å². The quantitative estimate of drug-likeness (QED) is 0.374. The van der Waals surface area contributed by atoms with Gasteiger partial charge in [-0.15, -0.1) is 0 Å². The summed E-state index contributed by atoms with van der Waals surface area (Å²) >= 11 is 0. The van der Waals surface area contributed by atoms with E-state index in [4.69, 9.17) is 4.74 Å². The molecule has 0 aliphatic heterocycles. The second-order valence-electron chi connectivity index (χ2n) is 7.87. The fraction of sp³-hybridized carbons (Fsp3) is 0.450. The molecule has 2 N–H and O–H groups in total. The number of aromatic nitrogens is 5. The normalized spacial score (nSPS) is 12.1. The maximum absolute atomic E-state index is 12.8. The van der Waals surface area contributed by atoms with E-state index in [1.165, 1.54) is 4.68 Å². The molecular formula is C20H25F3N8O4S. The summed E-state index contributed by atoms with van der Waals surface area (Å²) in [4.78, 5) is 27.6. The van der Waals surface area contributed by atoms with Gasteiger partial charge in [-0.25, -0.2) is 23.1 Å². The molecule has 36 heavy (non-hydrogen) atoms. The lowest BCUT2D eigenvalue weighted by Gasteiger charge is -2.17. The van der Waals surface area contributed by atoms with E-state index in [9.17, 15) is 26.4 Å². The van der Waals surface area contributed by atoms with Crippen LogP contribution in [-0.4, -0.2) is 78.3 Å². The number of carbonyl (C=O) groups excluding carboxylic acids is 1. The number of fused-ring (bicyclic) bond motifs is 1. The Kier molecular flexibility index (Phi) is 7.98. The van der Waals surface area contributed by atoms with Crippen LogP contribution in [0.4, 0.5) is 30.8 Å². The molecular weight excluding hydrogens is 505 g/mol. The Morgan fingerprint density at radius 2 is 2.00 bits per heavy atom. The van der Waals surface area contributed by atoms with Gasteiger partial charge in [0.2, 0.25) is 16.0 Å². The zero-order valence-electron chi connectivity index (χ0n) is 19.9. The van der Waals surface area contributed by atoms with Gasteiger partial charge in [0.05, 0.1) is 19.4 Å². The molecule has 0 aromatic carbocycles. The van der Waals surface area contributed by atoms with Crippen molar-refractivity contribution in [3.8, 4) is 0 Å². The topological polar surface area (TPSA) is 144 Å². The summed E-state index contributed by atoms with van der Waals surface area (Å²) < 4.78 is 68.5. The Hall–Kier alpha value is -3.53. The smallest absolute Gasteiger partial charge is 0.370 e. The van der Waals surface area contributed by atoms with Crippen LogP contribution >= 0.6 is 0 Å². The van der Waals surface area contributed by atoms with Crippen molar-refractivity contribution in [1.29, 1.82) is 0 Å². The van der Waals surface area contributed by atoms with Crippen molar-refractivity contribution in [2.75, 3.05) is 43.3 Å². The Morgan fingerprint density at radius 3 is 2.61 bits per heavy atom. The zero-order valence-corrected chi connectivity index (χ0v) is 20.7. The van der Waals surface area contributed by atoms with Crippen LogP contribution in [0, 0.1) is 6.92 Å². The highest BCUT2D eigenvalue weighted by molar-refractivity contribution is 7.89. The fourth-order valence-corrected chi connectivity index (χ4v) is 3.50. The molecule has 0 aliphatic carbocycles. The van der Waals surface area contributed by atoms with Gasteiger partial charge >= 0.3 is 6.18 Å². The molecule has 196 valence electrons. The lowest BCUT2D eigenvalue weighted by atomic mass is 10.3. The van der Waals surface area contributed by atoms with Gasteiger partial charge in [-0.3, -0.25) is 9.48 Å². The summed E-state index contributed by atoms with van der Waals surface area (Å²) in [5.41, 5.74) is 0.693. The standard InChI is InChI=1S/C20H25F3N8O4S/c1-5-30(3)19-26-14-15(18(32)29-36(4,33)34)28-31(8-9-35-11-20(21,22)23)16(14)17(27-19)25-13-10-12(2)6-7-24-13/h6-7,10H,5,8-9,11H2,1-4H3,(H,29,32)(H,24,25,26,27). The molecule has 0 saturated carbocycles. The average molecular weight is 531 g/mol. The number of pyridine rings is 1. The first kappa shape index (κ1) is 27.1. The number of rotatable bonds is 10. The molecule has 0 atom stereocenters. The number of anilines is 3. The highest BCUT2D eigenvalue weighted by Gasteiger charge is 2.28. The van der Waals surface area contributed by atoms with Crippen molar-refractivity contribution in [1.82, 2.24) is 29.5 Å². The Bertz CT molecular complexity index is 1360. The number of nitrogens with zero attached hydrogens (tertiary/aromatic N) is 6. The van der Waals surface area contributed by atoms with E-state index in [0.717, 1.165) is 11.8 Å². The number of ether oxygens (including phenoxy) is 1. The minimum atomic E-state index is -4.51. The molecule has 0 radical (unpaired) electrons. The van der Waals surface area contributed by atoms with Gasteiger partial charge < -0.3 is 15.0 Å². The predicted octanol–water partition coefficient (Wildman–Crippen LogP) is 2.00. The summed E-state index contributed by atoms with van der Waals surface area (Å²) in [7, 11) is -2.23. The van der Waals surface area contributed by atoms with Crippen LogP contribution in [0.3, 0.4) is 0 Å². The van der Waals surface area contributed by atoms with E-state index in [-0.39, 0.29) is 35.0 Å². The summed E-state index contributed by atoms with van der Waals surface area (Å²) in [6.45, 7) is 2.13. The highest BCUT2D eigenvalue weighted by atomic mass is 32.2. The second kappa shape index (κ2) is 10.6. The van der Waals surface area contributed by atoms with Crippen molar-refractivity contribution in [2.45, 2.75) is 26.6 Å². The van der Waals surface area contributed by atoms with Gasteiger partial charge in [0, 0.05) is 19.8 Å². The Balaban J connectivity index is 2.16. The number of amides is 1. The monoisotopic (exact) mass is 530 g/mol. The number of hydrogen-bond acceptors (Lipinski definition) is 10. The van der Waals surface area contributed by atoms with E-state index >= 15 is 0 Å². The van der Waals surface area contributed by atoms with E-state index < -0.39 is 35.3 Å². The Labute approximate surface area is 204 Å². The van der Waals surface area contributed by atoms with Crippen molar-refractivity contribution in [2.24, 2.45) is 0 Å². The van der Waals surface area contributed by atoms with Crippen LogP contribution in [0.5, 0.6) is 0 Å². The minimum Gasteiger partial charge on any atom is -0.370 e. The molecule has 3 rings (SSSR count). The van der Waals surface area contributed by atoms with Crippen LogP contribution in [0.2, 0.25) is 0 Å². The molecule has 16 heteroatoms. The van der Waals surface area contributed by atoms with Crippen molar-refractivity contribution in [3.05, 3.63) is 29.6 Å². The van der Waals surface area contributed by atoms with Crippen LogP contribution in [0.25, 0.3) is 11.0 Å². The molecule has 0 fully saturated rings. The number of sulfonamides is 1. The highest BCUT2D eigenvalue weighted by Crippen LogP contribution is 2.28. The summed E-state index contributed by atoms with van der Waals surface area (Å²) in [5.74, 6) is -0.291. The molecule has 0 saturated heterocycles. The second-order valence-corrected chi connectivity index (χ2v) is 9.62. The molecule has 3 heterocycles. The number of halogens is 3. The first-order valence-electron chi connectivity index (χ1n) is 10.6. The number of aryl methyl sites for hydroxylation is 1. The molecule has 0 unspecified atom stereocenters. The van der Waals surface area contributed by atoms with E-state index in [0.29, 0.717) is 12.4 Å². The van der Waals surface area contributed by atoms with Crippen LogP contribution in [-0.2, 0) is 21.3 Å². The van der Waals surface area contributed by atoms with Gasteiger partial charge in [0.1, 0.15) is 23.5 Å². The number of alkyl halides is 3. The average Bonchev–Trinajstić information content (AvgIpc) is 3.13. The van der Waals surface area contributed by atoms with E-state index in [1.54, 1.807) is 30.3 Å². The minimum absolute atomic E-state index is 0.00701. The maximum atomic E-state index is 12.8. The molecule has 3 aromatic rings. The van der Waals surface area contributed by atoms with Crippen molar-refractivity contribution >= 4 is 44.5 Å². The third kappa shape index (κ3) is 7.00. The summed E-state index contributed by atoms with van der Waals surface area (Å²) in [6, 6.07) is 3.52. The molecule has 0 aliphatic rings. The van der Waals surface area contributed by atoms with Gasteiger partial charge in [0.15, 0.2) is 11.5 Å². The Morgan fingerprint density at radius 1 is 1.28 bits per heavy atom. The SMILES string of the molecule is CCN(C)c1nc(Nc2cc(C)ccn2)c2c(n1)c(C(=O)NS(C)(=O)=O)nn2CCOCC(F)(F)F. The molecule has 12 nitrogen and oxygen atoms in total. The first-order chi connectivity index (χ1) is 16.8. The number of carbonyl (C=O) groups is 1. The molecule has 3 aromatic heterocycles. The first-order valence-corrected chi connectivity index (χ1v) is 12.5. The maximum Gasteiger partial charge on any atom is 0.411 e. The molecule has 0 bridgehead atoms. The lowest BCUT2D eigenvalue weighted by molar-refractivity contribution is -0.174. The zero-order chi connectivity index (χ0) is 26.7. The van der Waals surface area contributed by atoms with E-state index in [1.807, 2.05) is 18.6 Å². The number of hydrogen-bond donors (Lipinski definition) is 2. The van der Waals surface area contributed by atoms with Crippen molar-refractivity contribution in [3.63, 3.8) is 0 Å². The predicted molar refractivity (Wildman–Crippen MR) is 126 cm³/mol. The van der Waals surface area contributed by atoms with Gasteiger partial charge in [-0.1, -0.05) is 0 Å². The van der Waals surface area contributed by atoms with Crippen LogP contribution < -0.4 is 14.9 Å². The number of nitrogens with one attached hydrogen (secondary N) is 2. The molecule has 1 amide bonds. The summed E-state index contributed by atoms with van der Waals surface area (Å²) in [6.07, 6.45) is -2.14. The van der Waals surface area contributed by atoms with Crippen LogP contribution in [0.1, 0.15) is 23.0 Å². The van der Waals surface area contributed by atoms with Gasteiger partial charge in [0.25, 0.3) is 5.91 Å². The lowest BCUT2D eigenvalue weighted by Crippen LogP contribution is -2.30. The third-order valence-electron chi connectivity index (χ3n) is 4.76. The van der Waals surface area contributed by atoms with Gasteiger partial charge in [-0.05, 0) is 31.5 Å². The van der Waals surface area contributed by atoms with E-state index in [2.05, 4.69) is 25.4 Å². The summed E-state index contributed by atoms with van der Waals surface area (Å²) in [5, 5.41) is 7.19. The fourth-order valence-electron chi connectivity index (χ4n) is 3.07. The van der Waals surface area contributed by atoms with Crippen LogP contribution in [0.15, 0.2) is 18.3 Å². The third-order valence-corrected chi connectivity index (χ3v) is 5.32.